The fourth-order valence-electron chi connectivity index (χ4n) is 4.25. The van der Waals surface area contributed by atoms with Crippen LogP contribution in [0.15, 0.2) is 41.7 Å². The van der Waals surface area contributed by atoms with Crippen molar-refractivity contribution in [1.82, 2.24) is 19.6 Å². The molecule has 0 amide bonds. The molecular weight excluding hydrogens is 448 g/mol. The van der Waals surface area contributed by atoms with Gasteiger partial charge in [0, 0.05) is 12.2 Å². The fraction of sp³-hybridized carbons (Fsp3) is 0.500. The van der Waals surface area contributed by atoms with Gasteiger partial charge in [0.2, 0.25) is 21.3 Å². The molecule has 178 valence electrons. The number of methoxy groups -OCH3 is 1. The maximum Gasteiger partial charge on any atom is 0.268 e. The molecule has 4 atom stereocenters. The van der Waals surface area contributed by atoms with E-state index in [0.717, 1.165) is 11.8 Å². The van der Waals surface area contributed by atoms with Gasteiger partial charge in [0.15, 0.2) is 0 Å². The van der Waals surface area contributed by atoms with Crippen molar-refractivity contribution in [2.45, 2.75) is 56.4 Å². The van der Waals surface area contributed by atoms with Gasteiger partial charge in [-0.25, -0.2) is 17.9 Å². The molecule has 1 aliphatic rings. The lowest BCUT2D eigenvalue weighted by atomic mass is 9.81. The Morgan fingerprint density at radius 1 is 1.27 bits per heavy atom. The van der Waals surface area contributed by atoms with Crippen molar-refractivity contribution in [3.8, 4) is 5.88 Å². The van der Waals surface area contributed by atoms with Gasteiger partial charge in [-0.1, -0.05) is 44.2 Å². The fourth-order valence-corrected chi connectivity index (χ4v) is 4.73. The van der Waals surface area contributed by atoms with Crippen LogP contribution in [0.1, 0.15) is 38.4 Å². The van der Waals surface area contributed by atoms with Crippen LogP contribution in [0.5, 0.6) is 5.88 Å². The van der Waals surface area contributed by atoms with Crippen LogP contribution in [0.4, 0.5) is 0 Å². The van der Waals surface area contributed by atoms with Gasteiger partial charge in [-0.3, -0.25) is 0 Å². The standard InChI is InChI=1S/C22H28N4O6S/c1-6-16-14(2)21(3,31-13-15-10-8-7-9-11-15)22(27,32-16)17-12-23-18-19(30-4)24-20(25-26(17)18)33(5,28)29/h7-12,14,16,27H,6,13H2,1-5H3/t14-,16-,21-,22+/m1/s1. The molecule has 4 rings (SSSR count). The van der Waals surface area contributed by atoms with Crippen molar-refractivity contribution in [1.29, 1.82) is 0 Å². The molecule has 3 aromatic rings. The Bertz CT molecular complexity index is 1260. The van der Waals surface area contributed by atoms with Crippen LogP contribution in [0.25, 0.3) is 5.65 Å². The maximum absolute atomic E-state index is 12.2. The molecule has 33 heavy (non-hydrogen) atoms. The minimum Gasteiger partial charge on any atom is -0.478 e. The van der Waals surface area contributed by atoms with Crippen molar-refractivity contribution in [3.05, 3.63) is 47.8 Å². The van der Waals surface area contributed by atoms with Gasteiger partial charge in [0.1, 0.15) is 11.3 Å². The van der Waals surface area contributed by atoms with E-state index >= 15 is 0 Å². The van der Waals surface area contributed by atoms with Gasteiger partial charge in [-0.15, -0.1) is 5.10 Å². The molecule has 2 aromatic heterocycles. The van der Waals surface area contributed by atoms with Crippen LogP contribution >= 0.6 is 0 Å². The summed E-state index contributed by atoms with van der Waals surface area (Å²) in [5.41, 5.74) is 0.00856. The third kappa shape index (κ3) is 3.78. The topological polar surface area (TPSA) is 125 Å². The van der Waals surface area contributed by atoms with Crippen molar-refractivity contribution >= 4 is 15.5 Å². The van der Waals surface area contributed by atoms with Crippen molar-refractivity contribution in [3.63, 3.8) is 0 Å². The molecule has 0 radical (unpaired) electrons. The first-order chi connectivity index (χ1) is 15.5. The summed E-state index contributed by atoms with van der Waals surface area (Å²) in [6.07, 6.45) is 2.69. The first-order valence-corrected chi connectivity index (χ1v) is 12.5. The molecule has 1 saturated heterocycles. The Morgan fingerprint density at radius 2 is 1.97 bits per heavy atom. The van der Waals surface area contributed by atoms with E-state index in [1.807, 2.05) is 44.2 Å². The monoisotopic (exact) mass is 476 g/mol. The minimum absolute atomic E-state index is 0.0368. The average Bonchev–Trinajstić information content (AvgIpc) is 3.31. The summed E-state index contributed by atoms with van der Waals surface area (Å²) in [4.78, 5) is 8.24. The zero-order valence-electron chi connectivity index (χ0n) is 19.2. The number of imidazole rings is 1. The van der Waals surface area contributed by atoms with E-state index in [-0.39, 0.29) is 35.8 Å². The highest BCUT2D eigenvalue weighted by Gasteiger charge is 2.64. The molecule has 0 unspecified atom stereocenters. The maximum atomic E-state index is 12.2. The van der Waals surface area contributed by atoms with Crippen LogP contribution in [-0.4, -0.2) is 58.2 Å². The van der Waals surface area contributed by atoms with Crippen LogP contribution in [0, 0.1) is 5.92 Å². The molecule has 1 aromatic carbocycles. The summed E-state index contributed by atoms with van der Waals surface area (Å²) >= 11 is 0. The number of sulfone groups is 1. The molecule has 0 bridgehead atoms. The summed E-state index contributed by atoms with van der Waals surface area (Å²) in [7, 11) is -2.42. The molecule has 1 aliphatic heterocycles. The van der Waals surface area contributed by atoms with Gasteiger partial charge < -0.3 is 19.3 Å². The molecule has 3 heterocycles. The number of ether oxygens (including phenoxy) is 3. The number of aromatic nitrogens is 4. The van der Waals surface area contributed by atoms with E-state index in [2.05, 4.69) is 15.1 Å². The molecule has 1 N–H and O–H groups in total. The number of hydrogen-bond acceptors (Lipinski definition) is 9. The predicted octanol–water partition coefficient (Wildman–Crippen LogP) is 2.10. The normalized spacial score (nSPS) is 27.8. The zero-order chi connectivity index (χ0) is 24.0. The Hall–Kier alpha value is -2.60. The molecule has 1 fully saturated rings. The number of rotatable bonds is 7. The highest BCUT2D eigenvalue weighted by molar-refractivity contribution is 7.90. The van der Waals surface area contributed by atoms with E-state index < -0.39 is 26.4 Å². The Kier molecular flexibility index (Phi) is 5.94. The second kappa shape index (κ2) is 8.32. The molecule has 0 spiro atoms. The largest absolute Gasteiger partial charge is 0.478 e. The lowest BCUT2D eigenvalue weighted by Gasteiger charge is -2.39. The van der Waals surface area contributed by atoms with Gasteiger partial charge in [-0.2, -0.15) is 4.98 Å². The third-order valence-corrected chi connectivity index (χ3v) is 7.23. The van der Waals surface area contributed by atoms with Crippen LogP contribution in [0.3, 0.4) is 0 Å². The lowest BCUT2D eigenvalue weighted by Crippen LogP contribution is -2.52. The number of hydrogen-bond donors (Lipinski definition) is 1. The average molecular weight is 477 g/mol. The Balaban J connectivity index is 1.87. The SMILES string of the molecule is CC[C@H]1O[C@@](O)(c2cnc3c(OC)nc(S(C)(=O)=O)nn23)[C@](C)(OCc2ccccc2)[C@@H]1C. The third-order valence-electron chi connectivity index (χ3n) is 6.39. The van der Waals surface area contributed by atoms with Gasteiger partial charge in [0.05, 0.1) is 26.0 Å². The second-order valence-corrected chi connectivity index (χ2v) is 10.3. The summed E-state index contributed by atoms with van der Waals surface area (Å²) in [5.74, 6) is -2.22. The number of nitrogens with zero attached hydrogens (tertiary/aromatic N) is 4. The number of fused-ring (bicyclic) bond motifs is 1. The van der Waals surface area contributed by atoms with Crippen LogP contribution in [-0.2, 0) is 31.7 Å². The number of aliphatic hydroxyl groups is 1. The van der Waals surface area contributed by atoms with E-state index in [0.29, 0.717) is 6.42 Å². The Morgan fingerprint density at radius 3 is 2.58 bits per heavy atom. The second-order valence-electron chi connectivity index (χ2n) is 8.43. The summed E-state index contributed by atoms with van der Waals surface area (Å²) in [5, 5.41) is 15.7. The number of benzene rings is 1. The summed E-state index contributed by atoms with van der Waals surface area (Å²) in [6, 6.07) is 9.62. The van der Waals surface area contributed by atoms with Gasteiger partial charge >= 0.3 is 0 Å². The van der Waals surface area contributed by atoms with Crippen molar-refractivity contribution < 1.29 is 27.7 Å². The van der Waals surface area contributed by atoms with E-state index in [9.17, 15) is 13.5 Å². The molecular formula is C22H28N4O6S. The molecule has 11 heteroatoms. The van der Waals surface area contributed by atoms with E-state index in [1.54, 1.807) is 6.92 Å². The summed E-state index contributed by atoms with van der Waals surface area (Å²) in [6.45, 7) is 5.95. The summed E-state index contributed by atoms with van der Waals surface area (Å²) < 4.78 is 43.4. The van der Waals surface area contributed by atoms with Crippen LogP contribution < -0.4 is 4.74 Å². The first kappa shape index (κ1) is 23.6. The molecule has 10 nitrogen and oxygen atoms in total. The van der Waals surface area contributed by atoms with E-state index in [4.69, 9.17) is 14.2 Å². The van der Waals surface area contributed by atoms with Crippen molar-refractivity contribution in [2.24, 2.45) is 5.92 Å². The molecule has 0 saturated carbocycles. The quantitative estimate of drug-likeness (QED) is 0.546. The highest BCUT2D eigenvalue weighted by atomic mass is 32.2. The predicted molar refractivity (Wildman–Crippen MR) is 118 cm³/mol. The first-order valence-electron chi connectivity index (χ1n) is 10.6. The molecule has 0 aliphatic carbocycles. The van der Waals surface area contributed by atoms with Gasteiger partial charge in [0.25, 0.3) is 11.0 Å². The smallest absolute Gasteiger partial charge is 0.268 e. The highest BCUT2D eigenvalue weighted by Crippen LogP contribution is 2.51. The van der Waals surface area contributed by atoms with Crippen LogP contribution in [0.2, 0.25) is 0 Å². The van der Waals surface area contributed by atoms with Crippen molar-refractivity contribution in [2.75, 3.05) is 13.4 Å². The lowest BCUT2D eigenvalue weighted by molar-refractivity contribution is -0.288. The zero-order valence-corrected chi connectivity index (χ0v) is 20.0. The minimum atomic E-state index is -3.77. The Labute approximate surface area is 192 Å². The van der Waals surface area contributed by atoms with Gasteiger partial charge in [-0.05, 0) is 18.9 Å². The van der Waals surface area contributed by atoms with E-state index in [1.165, 1.54) is 17.8 Å².